The predicted octanol–water partition coefficient (Wildman–Crippen LogP) is 2.22. The smallest absolute Gasteiger partial charge is 0.272 e. The molecule has 0 aliphatic carbocycles. The van der Waals surface area contributed by atoms with Gasteiger partial charge in [-0.05, 0) is 27.3 Å². The van der Waals surface area contributed by atoms with Gasteiger partial charge in [-0.25, -0.2) is 4.98 Å². The summed E-state index contributed by atoms with van der Waals surface area (Å²) in [4.78, 5) is 31.3. The third-order valence-corrected chi connectivity index (χ3v) is 3.87. The Labute approximate surface area is 134 Å². The number of nitrogens with zero attached hydrogens (tertiary/aromatic N) is 3. The maximum Gasteiger partial charge on any atom is 0.272 e. The van der Waals surface area contributed by atoms with Gasteiger partial charge < -0.3 is 4.98 Å². The number of aryl methyl sites for hydroxylation is 1. The molecule has 0 radical (unpaired) electrons. The minimum atomic E-state index is -0.363. The number of benzene rings is 1. The van der Waals surface area contributed by atoms with Crippen LogP contribution in [-0.4, -0.2) is 33.4 Å². The average molecular weight is 316 g/mol. The summed E-state index contributed by atoms with van der Waals surface area (Å²) in [5.74, 6) is 0.597. The van der Waals surface area contributed by atoms with E-state index < -0.39 is 0 Å². The number of aromatic nitrogens is 2. The Hall–Kier alpha value is -2.54. The van der Waals surface area contributed by atoms with Gasteiger partial charge >= 0.3 is 0 Å². The molecule has 0 unspecified atom stereocenters. The van der Waals surface area contributed by atoms with Crippen molar-refractivity contribution in [1.29, 1.82) is 0 Å². The van der Waals surface area contributed by atoms with E-state index in [9.17, 15) is 14.9 Å². The van der Waals surface area contributed by atoms with Gasteiger partial charge in [-0.1, -0.05) is 18.2 Å². The molecule has 0 aliphatic heterocycles. The minimum absolute atomic E-state index is 0.0923. The number of nitro benzene ring substituents is 1. The summed E-state index contributed by atoms with van der Waals surface area (Å²) in [6.07, 6.45) is 0.550. The number of H-pyrrole nitrogens is 1. The van der Waals surface area contributed by atoms with Crippen molar-refractivity contribution >= 4 is 5.69 Å². The molecule has 23 heavy (non-hydrogen) atoms. The van der Waals surface area contributed by atoms with E-state index in [1.807, 2.05) is 18.9 Å². The van der Waals surface area contributed by atoms with E-state index in [-0.39, 0.29) is 22.2 Å². The molecule has 1 N–H and O–H groups in total. The van der Waals surface area contributed by atoms with E-state index in [2.05, 4.69) is 9.97 Å². The van der Waals surface area contributed by atoms with Crippen LogP contribution in [0.4, 0.5) is 5.69 Å². The van der Waals surface area contributed by atoms with E-state index >= 15 is 0 Å². The fraction of sp³-hybridized carbons (Fsp3) is 0.375. The molecule has 2 rings (SSSR count). The fourth-order valence-electron chi connectivity index (χ4n) is 2.40. The maximum atomic E-state index is 11.5. The van der Waals surface area contributed by atoms with Gasteiger partial charge in [0.1, 0.15) is 5.82 Å². The van der Waals surface area contributed by atoms with E-state index in [0.717, 1.165) is 0 Å². The highest BCUT2D eigenvalue weighted by Gasteiger charge is 2.17. The van der Waals surface area contributed by atoms with Gasteiger partial charge in [-0.15, -0.1) is 0 Å². The number of hydrogen-bond donors (Lipinski definition) is 1. The maximum absolute atomic E-state index is 11.5. The Morgan fingerprint density at radius 2 is 2.09 bits per heavy atom. The first kappa shape index (κ1) is 16.8. The Bertz CT molecular complexity index is 757. The quantitative estimate of drug-likeness (QED) is 0.651. The molecule has 1 aromatic heterocycles. The van der Waals surface area contributed by atoms with Crippen LogP contribution in [0.2, 0.25) is 0 Å². The third-order valence-electron chi connectivity index (χ3n) is 3.87. The van der Waals surface area contributed by atoms with E-state index in [1.165, 1.54) is 12.1 Å². The zero-order valence-corrected chi connectivity index (χ0v) is 13.4. The van der Waals surface area contributed by atoms with Gasteiger partial charge in [0.05, 0.1) is 11.0 Å². The van der Waals surface area contributed by atoms with Crippen LogP contribution in [0, 0.1) is 17.0 Å². The number of aromatic amines is 1. The zero-order valence-electron chi connectivity index (χ0n) is 13.4. The van der Waals surface area contributed by atoms with Crippen molar-refractivity contribution in [2.24, 2.45) is 0 Å². The standard InChI is InChI=1S/C16H20N4O3/c1-11-10-15(21)18-16(17-11)12(2)19(3)9-8-13-6-4-5-7-14(13)20(22)23/h4-7,10,12H,8-9H2,1-3H3,(H,17,18,21)/t12-/m0/s1. The normalized spacial score (nSPS) is 12.3. The minimum Gasteiger partial charge on any atom is -0.309 e. The number of hydrogen-bond acceptors (Lipinski definition) is 5. The summed E-state index contributed by atoms with van der Waals surface area (Å²) >= 11 is 0. The molecule has 0 fully saturated rings. The van der Waals surface area contributed by atoms with Crippen molar-refractivity contribution in [2.75, 3.05) is 13.6 Å². The summed E-state index contributed by atoms with van der Waals surface area (Å²) in [5, 5.41) is 11.0. The molecule has 7 heteroatoms. The van der Waals surface area contributed by atoms with Crippen LogP contribution >= 0.6 is 0 Å². The third kappa shape index (κ3) is 4.23. The largest absolute Gasteiger partial charge is 0.309 e. The first-order valence-corrected chi connectivity index (χ1v) is 7.39. The monoisotopic (exact) mass is 316 g/mol. The molecule has 0 bridgehead atoms. The Balaban J connectivity index is 2.09. The molecule has 0 saturated carbocycles. The SMILES string of the molecule is Cc1cc(=O)[nH]c([C@H](C)N(C)CCc2ccccc2[N+](=O)[O-])n1. The second-order valence-corrected chi connectivity index (χ2v) is 5.56. The lowest BCUT2D eigenvalue weighted by molar-refractivity contribution is -0.385. The summed E-state index contributed by atoms with van der Waals surface area (Å²) in [6.45, 7) is 4.33. The van der Waals surface area contributed by atoms with Gasteiger partial charge in [-0.3, -0.25) is 19.8 Å². The highest BCUT2D eigenvalue weighted by Crippen LogP contribution is 2.20. The van der Waals surface area contributed by atoms with Crippen LogP contribution in [0.15, 0.2) is 35.1 Å². The van der Waals surface area contributed by atoms with Gasteiger partial charge in [0, 0.05) is 29.9 Å². The molecule has 0 spiro atoms. The first-order valence-electron chi connectivity index (χ1n) is 7.39. The lowest BCUT2D eigenvalue weighted by Crippen LogP contribution is -2.28. The van der Waals surface area contributed by atoms with Crippen molar-refractivity contribution < 1.29 is 4.92 Å². The first-order chi connectivity index (χ1) is 10.9. The molecular weight excluding hydrogens is 296 g/mol. The van der Waals surface area contributed by atoms with Gasteiger partial charge in [-0.2, -0.15) is 0 Å². The zero-order chi connectivity index (χ0) is 17.0. The molecule has 0 amide bonds. The van der Waals surface area contributed by atoms with Crippen LogP contribution in [0.5, 0.6) is 0 Å². The second-order valence-electron chi connectivity index (χ2n) is 5.56. The predicted molar refractivity (Wildman–Crippen MR) is 87.4 cm³/mol. The van der Waals surface area contributed by atoms with Crippen molar-refractivity contribution in [3.8, 4) is 0 Å². The molecule has 1 heterocycles. The van der Waals surface area contributed by atoms with Crippen molar-refractivity contribution in [3.63, 3.8) is 0 Å². The molecule has 122 valence electrons. The van der Waals surface area contributed by atoms with Gasteiger partial charge in [0.2, 0.25) is 0 Å². The highest BCUT2D eigenvalue weighted by atomic mass is 16.6. The Morgan fingerprint density at radius 3 is 2.74 bits per heavy atom. The number of nitro groups is 1. The topological polar surface area (TPSA) is 92.1 Å². The number of likely N-dealkylation sites (N-methyl/N-ethyl adjacent to an activating group) is 1. The highest BCUT2D eigenvalue weighted by molar-refractivity contribution is 5.39. The van der Waals surface area contributed by atoms with E-state index in [1.54, 1.807) is 25.1 Å². The Morgan fingerprint density at radius 1 is 1.39 bits per heavy atom. The van der Waals surface area contributed by atoms with E-state index in [0.29, 0.717) is 30.0 Å². The molecule has 7 nitrogen and oxygen atoms in total. The van der Waals surface area contributed by atoms with Crippen LogP contribution in [0.3, 0.4) is 0 Å². The van der Waals surface area contributed by atoms with Crippen LogP contribution in [-0.2, 0) is 6.42 Å². The average Bonchev–Trinajstić information content (AvgIpc) is 2.51. The van der Waals surface area contributed by atoms with Crippen LogP contribution < -0.4 is 5.56 Å². The van der Waals surface area contributed by atoms with Gasteiger partial charge in [0.15, 0.2) is 0 Å². The molecular formula is C16H20N4O3. The summed E-state index contributed by atoms with van der Waals surface area (Å²) < 4.78 is 0. The van der Waals surface area contributed by atoms with Crippen molar-refractivity contribution in [2.45, 2.75) is 26.3 Å². The second kappa shape index (κ2) is 7.15. The van der Waals surface area contributed by atoms with Crippen LogP contribution in [0.1, 0.15) is 30.0 Å². The van der Waals surface area contributed by atoms with Crippen LogP contribution in [0.25, 0.3) is 0 Å². The number of rotatable bonds is 6. The summed E-state index contributed by atoms with van der Waals surface area (Å²) in [7, 11) is 1.90. The lowest BCUT2D eigenvalue weighted by Gasteiger charge is -2.23. The molecule has 0 saturated heterocycles. The molecule has 0 aliphatic rings. The lowest BCUT2D eigenvalue weighted by atomic mass is 10.1. The Kier molecular flexibility index (Phi) is 5.23. The van der Waals surface area contributed by atoms with Gasteiger partial charge in [0.25, 0.3) is 11.2 Å². The summed E-state index contributed by atoms with van der Waals surface area (Å²) in [6, 6.07) is 8.09. The van der Waals surface area contributed by atoms with Crippen molar-refractivity contribution in [3.05, 3.63) is 67.9 Å². The van der Waals surface area contributed by atoms with Crippen molar-refractivity contribution in [1.82, 2.24) is 14.9 Å². The number of nitrogens with one attached hydrogen (secondary N) is 1. The molecule has 2 aromatic rings. The number of para-hydroxylation sites is 1. The molecule has 1 atom stereocenters. The fourth-order valence-corrected chi connectivity index (χ4v) is 2.40. The van der Waals surface area contributed by atoms with E-state index in [4.69, 9.17) is 0 Å². The molecule has 1 aromatic carbocycles. The summed E-state index contributed by atoms with van der Waals surface area (Å²) in [5.41, 5.74) is 1.33.